The molecule has 0 aliphatic heterocycles. The third-order valence-corrected chi connectivity index (χ3v) is 3.55. The molecule has 2 rings (SSSR count). The number of hydrogen-bond donors (Lipinski definition) is 2. The van der Waals surface area contributed by atoms with Gasteiger partial charge in [0.05, 0.1) is 18.8 Å². The van der Waals surface area contributed by atoms with Crippen LogP contribution in [0.4, 0.5) is 4.39 Å². The fourth-order valence-corrected chi connectivity index (χ4v) is 2.54. The summed E-state index contributed by atoms with van der Waals surface area (Å²) in [6.07, 6.45) is 0.601. The minimum absolute atomic E-state index is 0.0715. The zero-order valence-corrected chi connectivity index (χ0v) is 12.5. The van der Waals surface area contributed by atoms with E-state index in [4.69, 9.17) is 4.74 Å². The van der Waals surface area contributed by atoms with Crippen LogP contribution in [0.3, 0.4) is 0 Å². The Labute approximate surface area is 126 Å². The molecule has 2 aromatic rings. The van der Waals surface area contributed by atoms with Crippen LogP contribution in [0.5, 0.6) is 5.75 Å². The van der Waals surface area contributed by atoms with Gasteiger partial charge in [0.15, 0.2) is 0 Å². The van der Waals surface area contributed by atoms with Crippen LogP contribution < -0.4 is 10.3 Å². The molecule has 1 atom stereocenters. The predicted molar refractivity (Wildman–Crippen MR) is 81.6 cm³/mol. The van der Waals surface area contributed by atoms with Gasteiger partial charge in [-0.15, -0.1) is 0 Å². The highest BCUT2D eigenvalue weighted by Gasteiger charge is 2.18. The summed E-state index contributed by atoms with van der Waals surface area (Å²) in [6, 6.07) is 4.71. The van der Waals surface area contributed by atoms with E-state index >= 15 is 0 Å². The van der Waals surface area contributed by atoms with Crippen molar-refractivity contribution in [2.75, 3.05) is 7.11 Å². The molecule has 0 amide bonds. The molecule has 2 N–H and O–H groups in total. The number of rotatable bonds is 6. The molecule has 1 unspecified atom stereocenters. The number of aryl methyl sites for hydroxylation is 1. The van der Waals surface area contributed by atoms with Gasteiger partial charge in [0.1, 0.15) is 11.3 Å². The topological polar surface area (TPSA) is 79.4 Å². The number of halogens is 1. The van der Waals surface area contributed by atoms with E-state index in [0.29, 0.717) is 30.2 Å². The van der Waals surface area contributed by atoms with Crippen LogP contribution in [0.15, 0.2) is 23.0 Å². The molecule has 0 spiro atoms. The number of nitrogens with one attached hydrogen (secondary N) is 1. The largest absolute Gasteiger partial charge is 0.496 e. The van der Waals surface area contributed by atoms with E-state index in [-0.39, 0.29) is 22.4 Å². The highest BCUT2D eigenvalue weighted by Crippen LogP contribution is 2.28. The van der Waals surface area contributed by atoms with Crippen molar-refractivity contribution in [3.63, 3.8) is 0 Å². The molecule has 22 heavy (non-hydrogen) atoms. The normalized spacial score (nSPS) is 12.3. The Morgan fingerprint density at radius 3 is 2.77 bits per heavy atom. The maximum atomic E-state index is 12.9. The van der Waals surface area contributed by atoms with Gasteiger partial charge in [-0.1, -0.05) is 0 Å². The zero-order valence-electron chi connectivity index (χ0n) is 12.5. The number of pyridine rings is 1. The Bertz CT molecular complexity index is 752. The Balaban J connectivity index is 2.57. The summed E-state index contributed by atoms with van der Waals surface area (Å²) in [5.74, 6) is -0.988. The number of methoxy groups -OCH3 is 1. The first kappa shape index (κ1) is 16.0. The number of H-pyrrole nitrogens is 1. The van der Waals surface area contributed by atoms with Gasteiger partial charge in [0, 0.05) is 11.5 Å². The van der Waals surface area contributed by atoms with Crippen LogP contribution in [-0.4, -0.2) is 29.3 Å². The van der Waals surface area contributed by atoms with Crippen molar-refractivity contribution in [3.8, 4) is 5.75 Å². The second-order valence-corrected chi connectivity index (χ2v) is 5.20. The first-order chi connectivity index (χ1) is 10.4. The number of hydrogen-bond acceptors (Lipinski definition) is 3. The van der Waals surface area contributed by atoms with Crippen LogP contribution in [0, 0.1) is 0 Å². The fraction of sp³-hybridized carbons (Fsp3) is 0.375. The summed E-state index contributed by atoms with van der Waals surface area (Å²) in [7, 11) is 1.37. The number of alkyl halides is 1. The minimum Gasteiger partial charge on any atom is -0.496 e. The van der Waals surface area contributed by atoms with E-state index in [2.05, 4.69) is 4.98 Å². The molecular formula is C16H18FNO4. The van der Waals surface area contributed by atoms with Gasteiger partial charge in [-0.25, -0.2) is 9.18 Å². The lowest BCUT2D eigenvalue weighted by Crippen LogP contribution is -2.11. The van der Waals surface area contributed by atoms with Crippen LogP contribution in [-0.2, 0) is 6.42 Å². The molecule has 0 radical (unpaired) electrons. The summed E-state index contributed by atoms with van der Waals surface area (Å²) in [4.78, 5) is 25.8. The van der Waals surface area contributed by atoms with Gasteiger partial charge >= 0.3 is 5.97 Å². The molecular weight excluding hydrogens is 289 g/mol. The number of carboxylic acids is 1. The Hall–Kier alpha value is -2.37. The van der Waals surface area contributed by atoms with E-state index in [1.165, 1.54) is 20.1 Å². The number of aromatic carboxylic acids is 1. The van der Waals surface area contributed by atoms with Gasteiger partial charge < -0.3 is 14.8 Å². The molecule has 1 aromatic carbocycles. The molecule has 1 heterocycles. The second-order valence-electron chi connectivity index (χ2n) is 5.20. The van der Waals surface area contributed by atoms with Crippen molar-refractivity contribution in [1.29, 1.82) is 0 Å². The first-order valence-corrected chi connectivity index (χ1v) is 7.04. The summed E-state index contributed by atoms with van der Waals surface area (Å²) < 4.78 is 18.0. The summed E-state index contributed by atoms with van der Waals surface area (Å²) in [5.41, 5.74) is 0.497. The fourth-order valence-electron chi connectivity index (χ4n) is 2.54. The maximum absolute atomic E-state index is 12.9. The molecule has 0 fully saturated rings. The number of carboxylic acid groups (broad SMARTS) is 1. The van der Waals surface area contributed by atoms with Crippen molar-refractivity contribution in [2.45, 2.75) is 32.4 Å². The number of carbonyl (C=O) groups is 1. The van der Waals surface area contributed by atoms with E-state index in [0.717, 1.165) is 0 Å². The van der Waals surface area contributed by atoms with Crippen molar-refractivity contribution < 1.29 is 19.0 Å². The summed E-state index contributed by atoms with van der Waals surface area (Å²) in [6.45, 7) is 1.49. The average molecular weight is 307 g/mol. The lowest BCUT2D eigenvalue weighted by atomic mass is 10.00. The highest BCUT2D eigenvalue weighted by molar-refractivity contribution is 6.05. The Morgan fingerprint density at radius 1 is 1.45 bits per heavy atom. The van der Waals surface area contributed by atoms with Crippen LogP contribution in [0.25, 0.3) is 10.9 Å². The maximum Gasteiger partial charge on any atom is 0.341 e. The predicted octanol–water partition coefficient (Wildman–Crippen LogP) is 2.92. The number of ether oxygens (including phenoxy) is 1. The monoisotopic (exact) mass is 307 g/mol. The third kappa shape index (κ3) is 3.27. The van der Waals surface area contributed by atoms with E-state index in [1.807, 2.05) is 0 Å². The number of aromatic nitrogens is 1. The lowest BCUT2D eigenvalue weighted by molar-refractivity contribution is 0.0695. The van der Waals surface area contributed by atoms with Gasteiger partial charge in [0.25, 0.3) is 0 Å². The minimum atomic E-state index is -1.17. The second kappa shape index (κ2) is 6.60. The molecule has 0 saturated carbocycles. The lowest BCUT2D eigenvalue weighted by Gasteiger charge is -2.11. The molecule has 5 nitrogen and oxygen atoms in total. The van der Waals surface area contributed by atoms with Crippen molar-refractivity contribution in [3.05, 3.63) is 39.7 Å². The SMILES string of the molecule is COc1ccc2c(CCCC(C)F)cc(=O)[nH]c2c1C(=O)O. The number of aromatic amines is 1. The van der Waals surface area contributed by atoms with Crippen LogP contribution in [0.2, 0.25) is 0 Å². The first-order valence-electron chi connectivity index (χ1n) is 7.04. The van der Waals surface area contributed by atoms with E-state index in [1.54, 1.807) is 12.1 Å². The van der Waals surface area contributed by atoms with E-state index < -0.39 is 12.1 Å². The summed E-state index contributed by atoms with van der Waals surface area (Å²) >= 11 is 0. The Morgan fingerprint density at radius 2 is 2.18 bits per heavy atom. The van der Waals surface area contributed by atoms with Crippen molar-refractivity contribution in [2.24, 2.45) is 0 Å². The van der Waals surface area contributed by atoms with Gasteiger partial charge in [0.2, 0.25) is 5.56 Å². The number of fused-ring (bicyclic) bond motifs is 1. The molecule has 0 saturated heterocycles. The number of benzene rings is 1. The van der Waals surface area contributed by atoms with Gasteiger partial charge in [-0.3, -0.25) is 4.79 Å². The molecule has 6 heteroatoms. The third-order valence-electron chi connectivity index (χ3n) is 3.55. The Kier molecular flexibility index (Phi) is 4.80. The van der Waals surface area contributed by atoms with E-state index in [9.17, 15) is 19.1 Å². The molecule has 1 aromatic heterocycles. The quantitative estimate of drug-likeness (QED) is 0.860. The molecule has 118 valence electrons. The molecule has 0 bridgehead atoms. The van der Waals surface area contributed by atoms with Gasteiger partial charge in [-0.05, 0) is 43.9 Å². The smallest absolute Gasteiger partial charge is 0.341 e. The average Bonchev–Trinajstić information content (AvgIpc) is 2.44. The highest BCUT2D eigenvalue weighted by atomic mass is 19.1. The molecule has 0 aliphatic carbocycles. The summed E-state index contributed by atoms with van der Waals surface area (Å²) in [5, 5.41) is 10.0. The zero-order chi connectivity index (χ0) is 16.3. The van der Waals surface area contributed by atoms with Crippen LogP contribution >= 0.6 is 0 Å². The van der Waals surface area contributed by atoms with Gasteiger partial charge in [-0.2, -0.15) is 0 Å². The molecule has 0 aliphatic rings. The standard InChI is InChI=1S/C16H18FNO4/c1-9(17)4-3-5-10-8-13(19)18-15-11(10)6-7-12(22-2)14(15)16(20)21/h6-9H,3-5H2,1-2H3,(H,18,19)(H,20,21). The van der Waals surface area contributed by atoms with Crippen LogP contribution in [0.1, 0.15) is 35.7 Å². The van der Waals surface area contributed by atoms with Crippen molar-refractivity contribution >= 4 is 16.9 Å². The van der Waals surface area contributed by atoms with Crippen molar-refractivity contribution in [1.82, 2.24) is 4.98 Å².